The summed E-state index contributed by atoms with van der Waals surface area (Å²) in [6, 6.07) is 7.40. The Hall–Kier alpha value is -2.09. The van der Waals surface area contributed by atoms with Crippen molar-refractivity contribution in [1.29, 1.82) is 0 Å². The summed E-state index contributed by atoms with van der Waals surface area (Å²) >= 11 is 6.01. The zero-order valence-electron chi connectivity index (χ0n) is 13.3. The van der Waals surface area contributed by atoms with Gasteiger partial charge in [-0.05, 0) is 18.2 Å². The third kappa shape index (κ3) is 3.87. The molecule has 8 heteroatoms. The average Bonchev–Trinajstić information content (AvgIpc) is 2.58. The molecule has 0 aliphatic carbocycles. The smallest absolute Gasteiger partial charge is 0.159 e. The number of benzene rings is 1. The number of rotatable bonds is 5. The van der Waals surface area contributed by atoms with Gasteiger partial charge < -0.3 is 21.1 Å². The maximum atomic E-state index is 9.03. The van der Waals surface area contributed by atoms with E-state index in [1.54, 1.807) is 0 Å². The van der Waals surface area contributed by atoms with Gasteiger partial charge in [0.15, 0.2) is 11.6 Å². The number of hydrogen-bond acceptors (Lipinski definition) is 7. The number of nitrogens with two attached hydrogens (primary N) is 1. The molecule has 3 rings (SSSR count). The molecule has 1 fully saturated rings. The van der Waals surface area contributed by atoms with Gasteiger partial charge in [0.05, 0.1) is 6.61 Å². The van der Waals surface area contributed by atoms with Crippen molar-refractivity contribution < 1.29 is 5.11 Å². The molecule has 0 amide bonds. The van der Waals surface area contributed by atoms with E-state index >= 15 is 0 Å². The molecule has 1 aliphatic rings. The fraction of sp³-hybridized carbons (Fsp3) is 0.375. The van der Waals surface area contributed by atoms with Gasteiger partial charge in [-0.15, -0.1) is 0 Å². The van der Waals surface area contributed by atoms with Crippen LogP contribution in [0.15, 0.2) is 30.6 Å². The van der Waals surface area contributed by atoms with E-state index in [9.17, 15) is 0 Å². The Morgan fingerprint density at radius 3 is 2.71 bits per heavy atom. The summed E-state index contributed by atoms with van der Waals surface area (Å²) < 4.78 is 0. The SMILES string of the molecule is Nc1c(Nc2cccc(Cl)c2)ncnc1N1CCN(CCO)CC1. The molecule has 4 N–H and O–H groups in total. The van der Waals surface area contributed by atoms with E-state index in [1.807, 2.05) is 24.3 Å². The monoisotopic (exact) mass is 348 g/mol. The molecule has 128 valence electrons. The van der Waals surface area contributed by atoms with Crippen molar-refractivity contribution in [2.75, 3.05) is 55.3 Å². The average molecular weight is 349 g/mol. The topological polar surface area (TPSA) is 90.5 Å². The van der Waals surface area contributed by atoms with E-state index in [1.165, 1.54) is 6.33 Å². The van der Waals surface area contributed by atoms with E-state index in [4.69, 9.17) is 22.4 Å². The predicted octanol–water partition coefficient (Wildman–Crippen LogP) is 1.57. The normalized spacial score (nSPS) is 15.5. The Labute approximate surface area is 146 Å². The first-order valence-electron chi connectivity index (χ1n) is 7.88. The molecule has 0 unspecified atom stereocenters. The summed E-state index contributed by atoms with van der Waals surface area (Å²) in [5, 5.41) is 12.9. The highest BCUT2D eigenvalue weighted by molar-refractivity contribution is 6.30. The number of nitrogens with one attached hydrogen (secondary N) is 1. The highest BCUT2D eigenvalue weighted by Gasteiger charge is 2.21. The number of aromatic nitrogens is 2. The van der Waals surface area contributed by atoms with Crippen molar-refractivity contribution in [1.82, 2.24) is 14.9 Å². The van der Waals surface area contributed by atoms with Crippen LogP contribution in [0.25, 0.3) is 0 Å². The lowest BCUT2D eigenvalue weighted by molar-refractivity contribution is 0.188. The van der Waals surface area contributed by atoms with E-state index < -0.39 is 0 Å². The van der Waals surface area contributed by atoms with Gasteiger partial charge in [0.2, 0.25) is 0 Å². The molecule has 0 radical (unpaired) electrons. The first kappa shape index (κ1) is 16.8. The summed E-state index contributed by atoms with van der Waals surface area (Å²) in [6.07, 6.45) is 1.51. The number of β-amino-alcohol motifs (C(OH)–C–C–N with tert-alkyl or cyclic N) is 1. The predicted molar refractivity (Wildman–Crippen MR) is 96.9 cm³/mol. The molecule has 2 heterocycles. The maximum absolute atomic E-state index is 9.03. The van der Waals surface area contributed by atoms with E-state index in [-0.39, 0.29) is 6.61 Å². The first-order valence-corrected chi connectivity index (χ1v) is 8.26. The van der Waals surface area contributed by atoms with Crippen LogP contribution in [0.3, 0.4) is 0 Å². The van der Waals surface area contributed by atoms with Crippen LogP contribution in [0.2, 0.25) is 5.02 Å². The summed E-state index contributed by atoms with van der Waals surface area (Å²) in [7, 11) is 0. The Kier molecular flexibility index (Phi) is 5.34. The van der Waals surface area contributed by atoms with Gasteiger partial charge in [0.1, 0.15) is 12.0 Å². The van der Waals surface area contributed by atoms with Crippen LogP contribution in [-0.2, 0) is 0 Å². The van der Waals surface area contributed by atoms with E-state index in [0.29, 0.717) is 23.1 Å². The first-order chi connectivity index (χ1) is 11.7. The largest absolute Gasteiger partial charge is 0.395 e. The number of halogens is 1. The number of aliphatic hydroxyl groups excluding tert-OH is 1. The summed E-state index contributed by atoms with van der Waals surface area (Å²) in [5.41, 5.74) is 7.62. The minimum Gasteiger partial charge on any atom is -0.395 e. The number of anilines is 4. The van der Waals surface area contributed by atoms with Gasteiger partial charge in [-0.2, -0.15) is 0 Å². The maximum Gasteiger partial charge on any atom is 0.159 e. The second-order valence-corrected chi connectivity index (χ2v) is 6.08. The van der Waals surface area contributed by atoms with Crippen molar-refractivity contribution >= 4 is 34.6 Å². The van der Waals surface area contributed by atoms with Crippen LogP contribution in [0.5, 0.6) is 0 Å². The number of nitrogen functional groups attached to an aromatic ring is 1. The lowest BCUT2D eigenvalue weighted by Gasteiger charge is -2.35. The molecule has 1 aliphatic heterocycles. The van der Waals surface area contributed by atoms with Gasteiger partial charge in [-0.3, -0.25) is 4.90 Å². The van der Waals surface area contributed by atoms with Gasteiger partial charge in [-0.25, -0.2) is 9.97 Å². The standard InChI is InChI=1S/C16H21ClN6O/c17-12-2-1-3-13(10-12)21-15-14(18)16(20-11-19-15)23-6-4-22(5-7-23)8-9-24/h1-3,10-11,24H,4-9,18H2,(H,19,20,21). The molecule has 2 aromatic rings. The van der Waals surface area contributed by atoms with E-state index in [0.717, 1.165) is 37.7 Å². The third-order valence-electron chi connectivity index (χ3n) is 4.04. The number of piperazine rings is 1. The minimum absolute atomic E-state index is 0.184. The highest BCUT2D eigenvalue weighted by Crippen LogP contribution is 2.29. The van der Waals surface area contributed by atoms with Gasteiger partial charge in [0.25, 0.3) is 0 Å². The molecule has 1 saturated heterocycles. The lowest BCUT2D eigenvalue weighted by atomic mass is 10.2. The Morgan fingerprint density at radius 1 is 1.21 bits per heavy atom. The molecule has 0 bridgehead atoms. The van der Waals surface area contributed by atoms with Crippen LogP contribution in [0.4, 0.5) is 23.0 Å². The fourth-order valence-electron chi connectivity index (χ4n) is 2.77. The van der Waals surface area contributed by atoms with Gasteiger partial charge >= 0.3 is 0 Å². The summed E-state index contributed by atoms with van der Waals surface area (Å²) in [6.45, 7) is 4.27. The quantitative estimate of drug-likeness (QED) is 0.755. The zero-order valence-corrected chi connectivity index (χ0v) is 14.1. The van der Waals surface area contributed by atoms with E-state index in [2.05, 4.69) is 25.1 Å². The molecular weight excluding hydrogens is 328 g/mol. The second kappa shape index (κ2) is 7.65. The summed E-state index contributed by atoms with van der Waals surface area (Å²) in [4.78, 5) is 13.0. The number of aliphatic hydroxyl groups is 1. The third-order valence-corrected chi connectivity index (χ3v) is 4.27. The highest BCUT2D eigenvalue weighted by atomic mass is 35.5. The fourth-order valence-corrected chi connectivity index (χ4v) is 2.96. The van der Waals surface area contributed by atoms with Crippen LogP contribution in [0.1, 0.15) is 0 Å². The van der Waals surface area contributed by atoms with Crippen LogP contribution < -0.4 is 16.0 Å². The summed E-state index contributed by atoms with van der Waals surface area (Å²) in [5.74, 6) is 1.30. The Balaban J connectivity index is 1.74. The molecule has 0 saturated carbocycles. The van der Waals surface area contributed by atoms with Gasteiger partial charge in [-0.1, -0.05) is 17.7 Å². The van der Waals surface area contributed by atoms with Crippen LogP contribution in [-0.4, -0.2) is 59.3 Å². The lowest BCUT2D eigenvalue weighted by Crippen LogP contribution is -2.47. The van der Waals surface area contributed by atoms with Crippen molar-refractivity contribution in [3.63, 3.8) is 0 Å². The second-order valence-electron chi connectivity index (χ2n) is 5.65. The molecule has 24 heavy (non-hydrogen) atoms. The van der Waals surface area contributed by atoms with Crippen LogP contribution in [0, 0.1) is 0 Å². The number of hydrogen-bond donors (Lipinski definition) is 3. The zero-order chi connectivity index (χ0) is 16.9. The number of nitrogens with zero attached hydrogens (tertiary/aromatic N) is 4. The molecule has 0 atom stereocenters. The van der Waals surface area contributed by atoms with Crippen molar-refractivity contribution in [2.24, 2.45) is 0 Å². The van der Waals surface area contributed by atoms with Crippen LogP contribution >= 0.6 is 11.6 Å². The Bertz CT molecular complexity index is 690. The molecule has 0 spiro atoms. The molecule has 1 aromatic heterocycles. The molecule has 7 nitrogen and oxygen atoms in total. The van der Waals surface area contributed by atoms with Gasteiger partial charge in [0, 0.05) is 43.4 Å². The van der Waals surface area contributed by atoms with Crippen molar-refractivity contribution in [3.8, 4) is 0 Å². The Morgan fingerprint density at radius 2 is 2.00 bits per heavy atom. The van der Waals surface area contributed by atoms with Crippen molar-refractivity contribution in [2.45, 2.75) is 0 Å². The van der Waals surface area contributed by atoms with Crippen molar-refractivity contribution in [3.05, 3.63) is 35.6 Å². The minimum atomic E-state index is 0.184. The molecule has 1 aromatic carbocycles. The molecular formula is C16H21ClN6O.